The van der Waals surface area contributed by atoms with Gasteiger partial charge in [0, 0.05) is 25.7 Å². The fourth-order valence-electron chi connectivity index (χ4n) is 3.34. The van der Waals surface area contributed by atoms with Crippen molar-refractivity contribution in [1.82, 2.24) is 10.2 Å². The van der Waals surface area contributed by atoms with Gasteiger partial charge in [0.2, 0.25) is 6.41 Å². The van der Waals surface area contributed by atoms with E-state index in [9.17, 15) is 4.79 Å². The number of hydrogen-bond acceptors (Lipinski definition) is 2. The Kier molecular flexibility index (Phi) is 4.36. The van der Waals surface area contributed by atoms with Crippen molar-refractivity contribution in [1.29, 1.82) is 0 Å². The number of hydrogen-bond donors (Lipinski definition) is 1. The van der Waals surface area contributed by atoms with Crippen molar-refractivity contribution in [3.05, 3.63) is 34.9 Å². The van der Waals surface area contributed by atoms with Crippen LogP contribution in [0.2, 0.25) is 0 Å². The van der Waals surface area contributed by atoms with E-state index in [0.29, 0.717) is 0 Å². The minimum Gasteiger partial charge on any atom is -0.358 e. The number of carbonyl (C=O) groups is 1. The predicted molar refractivity (Wildman–Crippen MR) is 80.8 cm³/mol. The number of nitrogens with one attached hydrogen (secondary N) is 1. The minimum absolute atomic E-state index is 0.733. The summed E-state index contributed by atoms with van der Waals surface area (Å²) in [6.45, 7) is 3.17. The van der Waals surface area contributed by atoms with Gasteiger partial charge in [-0.15, -0.1) is 0 Å². The molecule has 1 aliphatic carbocycles. The molecule has 1 N–H and O–H groups in total. The third kappa shape index (κ3) is 3.04. The van der Waals surface area contributed by atoms with Gasteiger partial charge in [-0.1, -0.05) is 24.6 Å². The Morgan fingerprint density at radius 2 is 2.00 bits per heavy atom. The van der Waals surface area contributed by atoms with Crippen LogP contribution in [0, 0.1) is 0 Å². The second-order valence-electron chi connectivity index (χ2n) is 6.05. The second kappa shape index (κ2) is 6.40. The highest BCUT2D eigenvalue weighted by molar-refractivity contribution is 5.46. The zero-order valence-corrected chi connectivity index (χ0v) is 12.1. The molecule has 2 aliphatic rings. The van der Waals surface area contributed by atoms with Crippen LogP contribution in [0.25, 0.3) is 0 Å². The molecule has 0 spiro atoms. The highest BCUT2D eigenvalue weighted by Gasteiger charge is 2.26. The first-order valence-corrected chi connectivity index (χ1v) is 7.88. The van der Waals surface area contributed by atoms with E-state index in [-0.39, 0.29) is 0 Å². The van der Waals surface area contributed by atoms with Crippen LogP contribution in [0.15, 0.2) is 18.2 Å². The highest BCUT2D eigenvalue weighted by atomic mass is 16.1. The number of fused-ring (bicyclic) bond motifs is 1. The summed E-state index contributed by atoms with van der Waals surface area (Å²) in [6, 6.07) is 7.74. The molecule has 0 bridgehead atoms. The molecule has 3 nitrogen and oxygen atoms in total. The fraction of sp³-hybridized carbons (Fsp3) is 0.588. The van der Waals surface area contributed by atoms with E-state index in [1.807, 2.05) is 0 Å². The molecule has 108 valence electrons. The molecule has 20 heavy (non-hydrogen) atoms. The summed E-state index contributed by atoms with van der Waals surface area (Å²) in [5.41, 5.74) is 4.39. The Hall–Kier alpha value is -1.35. The molecule has 0 atom stereocenters. The van der Waals surface area contributed by atoms with Crippen LogP contribution >= 0.6 is 0 Å². The highest BCUT2D eigenvalue weighted by Crippen LogP contribution is 2.27. The molecule has 1 fully saturated rings. The monoisotopic (exact) mass is 272 g/mol. The number of benzene rings is 1. The standard InChI is InChI=1S/C17H24N2O/c20-13-18-9-6-14-4-5-15-7-10-19(17-2-1-3-17)11-8-16(15)12-14/h4-5,12-13,17H,1-3,6-11H2,(H,18,20). The quantitative estimate of drug-likeness (QED) is 0.656. The Morgan fingerprint density at radius 3 is 2.70 bits per heavy atom. The van der Waals surface area contributed by atoms with Gasteiger partial charge < -0.3 is 5.32 Å². The van der Waals surface area contributed by atoms with Crippen LogP contribution in [0.4, 0.5) is 0 Å². The molecule has 1 aromatic carbocycles. The van der Waals surface area contributed by atoms with Gasteiger partial charge in [-0.05, 0) is 48.8 Å². The molecule has 0 radical (unpaired) electrons. The van der Waals surface area contributed by atoms with Gasteiger partial charge >= 0.3 is 0 Å². The summed E-state index contributed by atoms with van der Waals surface area (Å²) >= 11 is 0. The predicted octanol–water partition coefficient (Wildman–Crippen LogP) is 1.93. The molecule has 0 saturated heterocycles. The van der Waals surface area contributed by atoms with Crippen molar-refractivity contribution in [2.24, 2.45) is 0 Å². The first-order valence-electron chi connectivity index (χ1n) is 7.88. The number of nitrogens with zero attached hydrogens (tertiary/aromatic N) is 1. The van der Waals surface area contributed by atoms with Crippen molar-refractivity contribution in [2.75, 3.05) is 19.6 Å². The lowest BCUT2D eigenvalue weighted by atomic mass is 9.91. The van der Waals surface area contributed by atoms with E-state index >= 15 is 0 Å². The van der Waals surface area contributed by atoms with Gasteiger partial charge in [-0.3, -0.25) is 9.69 Å². The Morgan fingerprint density at radius 1 is 1.20 bits per heavy atom. The SMILES string of the molecule is O=CNCCc1ccc2c(c1)CCN(C1CCC1)CC2. The third-order valence-electron chi connectivity index (χ3n) is 4.84. The molecule has 0 unspecified atom stereocenters. The van der Waals surface area contributed by atoms with E-state index in [1.54, 1.807) is 0 Å². The lowest BCUT2D eigenvalue weighted by Gasteiger charge is -2.36. The average Bonchev–Trinajstić information content (AvgIpc) is 2.60. The van der Waals surface area contributed by atoms with E-state index < -0.39 is 0 Å². The van der Waals surface area contributed by atoms with Crippen LogP contribution in [0.5, 0.6) is 0 Å². The van der Waals surface area contributed by atoms with Crippen molar-refractivity contribution in [3.8, 4) is 0 Å². The van der Waals surface area contributed by atoms with E-state index in [0.717, 1.165) is 25.4 Å². The summed E-state index contributed by atoms with van der Waals surface area (Å²) in [5, 5.41) is 2.74. The van der Waals surface area contributed by atoms with Crippen LogP contribution in [0.3, 0.4) is 0 Å². The molecule has 1 saturated carbocycles. The maximum absolute atomic E-state index is 10.3. The zero-order valence-electron chi connectivity index (χ0n) is 12.1. The third-order valence-corrected chi connectivity index (χ3v) is 4.84. The van der Waals surface area contributed by atoms with Crippen LogP contribution in [0.1, 0.15) is 36.0 Å². The fourth-order valence-corrected chi connectivity index (χ4v) is 3.34. The summed E-state index contributed by atoms with van der Waals surface area (Å²) in [4.78, 5) is 13.0. The lowest BCUT2D eigenvalue weighted by molar-refractivity contribution is -0.109. The summed E-state index contributed by atoms with van der Waals surface area (Å²) in [6.07, 6.45) is 8.30. The largest absolute Gasteiger partial charge is 0.358 e. The average molecular weight is 272 g/mol. The van der Waals surface area contributed by atoms with Crippen LogP contribution < -0.4 is 5.32 Å². The number of rotatable bonds is 5. The Balaban J connectivity index is 1.63. The lowest BCUT2D eigenvalue weighted by Crippen LogP contribution is -2.41. The normalized spacial score (nSPS) is 19.8. The molecule has 3 rings (SSSR count). The van der Waals surface area contributed by atoms with Crippen molar-refractivity contribution >= 4 is 6.41 Å². The first kappa shape index (κ1) is 13.6. The molecule has 0 aromatic heterocycles. The smallest absolute Gasteiger partial charge is 0.207 e. The van der Waals surface area contributed by atoms with E-state index in [1.165, 1.54) is 61.9 Å². The molecule has 1 aliphatic heterocycles. The van der Waals surface area contributed by atoms with Gasteiger partial charge in [0.25, 0.3) is 0 Å². The summed E-state index contributed by atoms with van der Waals surface area (Å²) in [5.74, 6) is 0. The van der Waals surface area contributed by atoms with Crippen LogP contribution in [-0.4, -0.2) is 37.0 Å². The molecule has 1 heterocycles. The number of amides is 1. The Bertz CT molecular complexity index is 468. The molecule has 3 heteroatoms. The molecular formula is C17H24N2O. The minimum atomic E-state index is 0.733. The molecular weight excluding hydrogens is 248 g/mol. The van der Waals surface area contributed by atoms with Crippen molar-refractivity contribution in [2.45, 2.75) is 44.6 Å². The zero-order chi connectivity index (χ0) is 13.8. The van der Waals surface area contributed by atoms with Gasteiger partial charge in [0.15, 0.2) is 0 Å². The summed E-state index contributed by atoms with van der Waals surface area (Å²) in [7, 11) is 0. The number of carbonyl (C=O) groups excluding carboxylic acids is 1. The van der Waals surface area contributed by atoms with Gasteiger partial charge in [-0.25, -0.2) is 0 Å². The molecule has 1 amide bonds. The Labute approximate surface area is 121 Å². The molecule has 1 aromatic rings. The topological polar surface area (TPSA) is 32.3 Å². The summed E-state index contributed by atoms with van der Waals surface area (Å²) < 4.78 is 0. The van der Waals surface area contributed by atoms with Gasteiger partial charge in [0.05, 0.1) is 0 Å². The second-order valence-corrected chi connectivity index (χ2v) is 6.05. The maximum atomic E-state index is 10.3. The van der Waals surface area contributed by atoms with Gasteiger partial charge in [-0.2, -0.15) is 0 Å². The van der Waals surface area contributed by atoms with Crippen molar-refractivity contribution < 1.29 is 4.79 Å². The van der Waals surface area contributed by atoms with E-state index in [4.69, 9.17) is 0 Å². The first-order chi connectivity index (χ1) is 9.86. The maximum Gasteiger partial charge on any atom is 0.207 e. The van der Waals surface area contributed by atoms with Gasteiger partial charge in [0.1, 0.15) is 0 Å². The van der Waals surface area contributed by atoms with E-state index in [2.05, 4.69) is 28.4 Å². The van der Waals surface area contributed by atoms with Crippen LogP contribution in [-0.2, 0) is 24.1 Å². The van der Waals surface area contributed by atoms with Crippen molar-refractivity contribution in [3.63, 3.8) is 0 Å².